The molecule has 2 aliphatic heterocycles. The molecule has 2 heterocycles. The summed E-state index contributed by atoms with van der Waals surface area (Å²) in [6.45, 7) is -2.55. The molecule has 0 unspecified atom stereocenters. The highest BCUT2D eigenvalue weighted by molar-refractivity contribution is 7.21. The zero-order chi connectivity index (χ0) is 73.2. The molecule has 0 aliphatic carbocycles. The molecular formula is C54H39BO2Si2. The zero-order valence-corrected chi connectivity index (χ0v) is 31.4. The third-order valence-corrected chi connectivity index (χ3v) is 18.0. The van der Waals surface area contributed by atoms with Crippen molar-refractivity contribution in [3.05, 3.63) is 236 Å². The summed E-state index contributed by atoms with van der Waals surface area (Å²) >= 11 is 0. The number of hydrogen-bond acceptors (Lipinski definition) is 2. The van der Waals surface area contributed by atoms with Crippen molar-refractivity contribution in [2.75, 3.05) is 0 Å². The Balaban J connectivity index is 1.52. The highest BCUT2D eigenvalue weighted by Crippen LogP contribution is 2.35. The van der Waals surface area contributed by atoms with Gasteiger partial charge in [0.25, 0.3) is 6.71 Å². The molecule has 2 nitrogen and oxygen atoms in total. The Labute approximate surface area is 402 Å². The van der Waals surface area contributed by atoms with Crippen LogP contribution in [0.2, 0.25) is 0 Å². The van der Waals surface area contributed by atoms with E-state index in [4.69, 9.17) is 34.1 Å². The van der Waals surface area contributed by atoms with Crippen molar-refractivity contribution < 1.29 is 62.9 Å². The van der Waals surface area contributed by atoms with Gasteiger partial charge in [0, 0.05) is 5.46 Å². The first-order valence-corrected chi connectivity index (χ1v) is 21.2. The first-order valence-electron chi connectivity index (χ1n) is 36.7. The summed E-state index contributed by atoms with van der Waals surface area (Å²) in [6, 6.07) is -51.8. The molecule has 9 aromatic rings. The number of rotatable bonds is 8. The minimum Gasteiger partial charge on any atom is -0.458 e. The van der Waals surface area contributed by atoms with Gasteiger partial charge in [0.15, 0.2) is 16.1 Å². The van der Waals surface area contributed by atoms with E-state index in [0.29, 0.717) is 0 Å². The number of fused-ring (bicyclic) bond motifs is 4. The normalized spacial score (nSPS) is 21.9. The molecule has 0 atom stereocenters. The van der Waals surface area contributed by atoms with E-state index < -0.39 is 339 Å². The topological polar surface area (TPSA) is 18.5 Å². The van der Waals surface area contributed by atoms with Crippen LogP contribution in [-0.4, -0.2) is 22.9 Å². The van der Waals surface area contributed by atoms with Gasteiger partial charge in [-0.15, -0.1) is 0 Å². The van der Waals surface area contributed by atoms with Crippen LogP contribution in [0.1, 0.15) is 53.5 Å². The van der Waals surface area contributed by atoms with Crippen molar-refractivity contribution in [2.45, 2.75) is 0 Å². The predicted molar refractivity (Wildman–Crippen MR) is 251 cm³/mol. The van der Waals surface area contributed by atoms with E-state index in [1.807, 2.05) is 0 Å². The van der Waals surface area contributed by atoms with Gasteiger partial charge in [-0.25, -0.2) is 0 Å². The summed E-state index contributed by atoms with van der Waals surface area (Å²) in [4.78, 5) is 0. The average Bonchev–Trinajstić information content (AvgIpc) is 0.671. The van der Waals surface area contributed by atoms with Crippen LogP contribution in [-0.2, 0) is 0 Å². The van der Waals surface area contributed by atoms with E-state index in [1.165, 1.54) is 0 Å². The molecular weight excluding hydrogens is 748 g/mol. The number of para-hydroxylation sites is 2. The lowest BCUT2D eigenvalue weighted by Gasteiger charge is -2.41. The van der Waals surface area contributed by atoms with E-state index in [1.54, 1.807) is 0 Å². The third kappa shape index (κ3) is 5.39. The molecule has 0 N–H and O–H groups in total. The number of hydrogen-bond donors (Lipinski definition) is 0. The standard InChI is InChI=1S/C54H39BO2Si2/c1-7-22-40(23-8-1)58(41-24-9-2-10-25-41,42-26-11-3-12-27-42)50-38-19-34-46-53(50)56-48-36-21-37-49-52(48)55(46)47-35-20-39-51(54(47)57-49)59(43-28-13-4-14-29-43,44-30-15-5-16-31-44)45-32-17-6-18-33-45/h1-39H/i1D,2D,3D,4D,5D,6D,7D,8D,9D,10D,11D,12D,13D,14D,15D,16D,17D,18D,19D,20D,21D,22D,23D,24D,25D,26D,27D,28D,29D,30D,31D,32D,33D,34D,35D,36D,37D,38D,39D. The molecule has 0 fully saturated rings. The van der Waals surface area contributed by atoms with Gasteiger partial charge in [-0.1, -0.05) is 224 Å². The Bertz CT molecular complexity index is 4430. The van der Waals surface area contributed by atoms with Crippen molar-refractivity contribution in [1.29, 1.82) is 0 Å². The van der Waals surface area contributed by atoms with Crippen molar-refractivity contribution >= 4 is 80.7 Å². The minimum atomic E-state index is -6.76. The second-order valence-electron chi connectivity index (χ2n) is 12.6. The van der Waals surface area contributed by atoms with Crippen LogP contribution in [0.25, 0.3) is 0 Å². The molecule has 0 radical (unpaired) electrons. The monoisotopic (exact) mass is 826 g/mol. The minimum absolute atomic E-state index is 0.800. The van der Waals surface area contributed by atoms with Gasteiger partial charge < -0.3 is 9.47 Å². The second kappa shape index (κ2) is 14.5. The van der Waals surface area contributed by atoms with Gasteiger partial charge in [-0.05, 0) is 64.5 Å². The first-order chi connectivity index (χ1) is 45.5. The van der Waals surface area contributed by atoms with E-state index in [0.717, 1.165) is 0 Å². The van der Waals surface area contributed by atoms with Gasteiger partial charge in [-0.2, -0.15) is 0 Å². The Morgan fingerprint density at radius 3 is 0.864 bits per heavy atom. The first kappa shape index (κ1) is 13.3. The van der Waals surface area contributed by atoms with E-state index in [9.17, 15) is 28.8 Å². The molecule has 2 aliphatic rings. The van der Waals surface area contributed by atoms with Crippen LogP contribution in [0, 0.1) is 0 Å². The summed E-state index contributed by atoms with van der Waals surface area (Å²) in [7, 11) is -13.5. The lowest BCUT2D eigenvalue weighted by Crippen LogP contribution is -2.76. The molecule has 11 rings (SSSR count). The Morgan fingerprint density at radius 2 is 0.576 bits per heavy atom. The van der Waals surface area contributed by atoms with E-state index in [2.05, 4.69) is 0 Å². The molecule has 9 aromatic carbocycles. The van der Waals surface area contributed by atoms with Crippen LogP contribution in [0.5, 0.6) is 23.0 Å². The van der Waals surface area contributed by atoms with Gasteiger partial charge >= 0.3 is 0 Å². The smallest absolute Gasteiger partial charge is 0.260 e. The maximum absolute atomic E-state index is 10.2. The van der Waals surface area contributed by atoms with Gasteiger partial charge in [0.05, 0.1) is 53.5 Å². The summed E-state index contributed by atoms with van der Waals surface area (Å²) in [5, 5.41) is -10.3. The fraction of sp³-hybridized carbons (Fsp3) is 0. The summed E-state index contributed by atoms with van der Waals surface area (Å²) in [6.07, 6.45) is 0. The largest absolute Gasteiger partial charge is 0.458 e. The number of ether oxygens (including phenoxy) is 2. The van der Waals surface area contributed by atoms with Crippen LogP contribution in [0.15, 0.2) is 236 Å². The SMILES string of the molecule is [2H]c1c([2H])c([2H])c([Si](c2c([2H])c([2H])c([2H])c([2H])c2[2H])(c2c([2H])c([2H])c([2H])c([2H])c2[2H])c2c([2H])c([2H])c([2H])c3c2Oc2c([2H])c([2H])c([2H])c4c2B3c2c([2H])c([2H])c([2H])c([Si](c3c([2H])c([2H])c([2H])c([2H])c3[2H])(c3c([2H])c([2H])c([2H])c([2H])c3[2H])c3c([2H])c([2H])c([2H])c([2H])c3[2H])c2O4)c([2H])c1[2H]. The fourth-order valence-electron chi connectivity index (χ4n) is 7.53. The maximum Gasteiger partial charge on any atom is 0.260 e. The zero-order valence-electron chi connectivity index (χ0n) is 68.4. The van der Waals surface area contributed by atoms with Crippen LogP contribution >= 0.6 is 0 Å². The molecule has 0 saturated heterocycles. The van der Waals surface area contributed by atoms with Gasteiger partial charge in [-0.3, -0.25) is 0 Å². The molecule has 278 valence electrons. The van der Waals surface area contributed by atoms with E-state index >= 15 is 0 Å². The summed E-state index contributed by atoms with van der Waals surface area (Å²) in [5.41, 5.74) is -2.94. The highest BCUT2D eigenvalue weighted by atomic mass is 28.3. The lowest BCUT2D eigenvalue weighted by atomic mass is 9.35. The van der Waals surface area contributed by atoms with Crippen molar-refractivity contribution in [2.24, 2.45) is 0 Å². The average molecular weight is 826 g/mol. The molecule has 0 saturated carbocycles. The Kier molecular flexibility index (Phi) is 3.26. The third-order valence-electron chi connectivity index (χ3n) is 9.83. The fourth-order valence-corrected chi connectivity index (χ4v) is 15.1. The van der Waals surface area contributed by atoms with Gasteiger partial charge in [0.2, 0.25) is 0 Å². The Morgan fingerprint density at radius 1 is 0.305 bits per heavy atom. The van der Waals surface area contributed by atoms with Crippen LogP contribution in [0.4, 0.5) is 0 Å². The molecule has 0 spiro atoms. The molecule has 5 heteroatoms. The summed E-state index contributed by atoms with van der Waals surface area (Å²) < 4.78 is 381. The number of benzene rings is 9. The van der Waals surface area contributed by atoms with Crippen LogP contribution in [0.3, 0.4) is 0 Å². The van der Waals surface area contributed by atoms with E-state index in [-0.39, 0.29) is 0 Å². The molecule has 0 bridgehead atoms. The quantitative estimate of drug-likeness (QED) is 0.156. The molecule has 0 aromatic heterocycles. The van der Waals surface area contributed by atoms with Crippen molar-refractivity contribution in [1.82, 2.24) is 0 Å². The van der Waals surface area contributed by atoms with Crippen LogP contribution < -0.4 is 67.4 Å². The Hall–Kier alpha value is -6.92. The predicted octanol–water partition coefficient (Wildman–Crippen LogP) is 5.17. The second-order valence-corrected chi connectivity index (χ2v) is 19.6. The van der Waals surface area contributed by atoms with Crippen molar-refractivity contribution in [3.63, 3.8) is 0 Å². The lowest BCUT2D eigenvalue weighted by molar-refractivity contribution is 0.468. The maximum atomic E-state index is 10.2. The van der Waals surface area contributed by atoms with Gasteiger partial charge in [0.1, 0.15) is 23.0 Å². The summed E-state index contributed by atoms with van der Waals surface area (Å²) in [5.74, 6) is -4.74. The molecule has 59 heavy (non-hydrogen) atoms. The van der Waals surface area contributed by atoms with Crippen molar-refractivity contribution in [3.8, 4) is 23.0 Å². The molecule has 0 amide bonds. The highest BCUT2D eigenvalue weighted by Gasteiger charge is 2.50.